The summed E-state index contributed by atoms with van der Waals surface area (Å²) in [6, 6.07) is 13.3. The summed E-state index contributed by atoms with van der Waals surface area (Å²) in [5.41, 5.74) is 0.986. The molecule has 0 saturated carbocycles. The molecular formula is C23H22ClFN2O3. The molecule has 5 nitrogen and oxygen atoms in total. The molecule has 0 unspecified atom stereocenters. The molecule has 4 rings (SSSR count). The van der Waals surface area contributed by atoms with Gasteiger partial charge in [0.15, 0.2) is 12.5 Å². The van der Waals surface area contributed by atoms with Crippen molar-refractivity contribution in [2.24, 2.45) is 0 Å². The van der Waals surface area contributed by atoms with Crippen molar-refractivity contribution in [2.45, 2.75) is 25.2 Å². The first-order valence-electron chi connectivity index (χ1n) is 9.92. The molecule has 1 aliphatic heterocycles. The number of halogens is 2. The van der Waals surface area contributed by atoms with Gasteiger partial charge in [0, 0.05) is 24.5 Å². The summed E-state index contributed by atoms with van der Waals surface area (Å²) < 4.78 is 24.4. The van der Waals surface area contributed by atoms with Gasteiger partial charge >= 0.3 is 0 Å². The van der Waals surface area contributed by atoms with Crippen molar-refractivity contribution in [1.82, 2.24) is 9.88 Å². The van der Waals surface area contributed by atoms with Crippen LogP contribution in [0.25, 0.3) is 0 Å². The first-order valence-corrected chi connectivity index (χ1v) is 10.3. The maximum Gasteiger partial charge on any atom is 0.260 e. The average Bonchev–Trinajstić information content (AvgIpc) is 3.23. The Morgan fingerprint density at radius 1 is 1.23 bits per heavy atom. The Morgan fingerprint density at radius 3 is 2.83 bits per heavy atom. The summed E-state index contributed by atoms with van der Waals surface area (Å²) in [6.45, 7) is 1.13. The predicted molar refractivity (Wildman–Crippen MR) is 111 cm³/mol. The van der Waals surface area contributed by atoms with Gasteiger partial charge in [-0.25, -0.2) is 9.37 Å². The van der Waals surface area contributed by atoms with E-state index in [0.29, 0.717) is 36.2 Å². The molecule has 1 fully saturated rings. The van der Waals surface area contributed by atoms with Gasteiger partial charge in [0.1, 0.15) is 17.3 Å². The Bertz CT molecular complexity index is 1010. The number of aromatic nitrogens is 1. The zero-order valence-electron chi connectivity index (χ0n) is 16.4. The second-order valence-corrected chi connectivity index (χ2v) is 7.76. The standard InChI is InChI=1S/C23H22ClFN2O3/c24-21-6-2-1-4-16(21)12-20-13-26-23(30-20)17-5-3-11-27(14-17)22(28)15-29-19-9-7-18(25)8-10-19/h1-2,4,6-10,13,17H,3,5,11-12,14-15H2/t17-/m0/s1. The van der Waals surface area contributed by atoms with Crippen LogP contribution in [-0.4, -0.2) is 35.5 Å². The number of ether oxygens (including phenoxy) is 1. The fraction of sp³-hybridized carbons (Fsp3) is 0.304. The summed E-state index contributed by atoms with van der Waals surface area (Å²) in [6.07, 6.45) is 4.09. The molecule has 3 aromatic rings. The molecule has 1 atom stereocenters. The minimum atomic E-state index is -0.340. The van der Waals surface area contributed by atoms with Gasteiger partial charge in [0.25, 0.3) is 5.91 Å². The van der Waals surface area contributed by atoms with Gasteiger partial charge in [-0.1, -0.05) is 29.8 Å². The number of nitrogens with zero attached hydrogens (tertiary/aromatic N) is 2. The summed E-state index contributed by atoms with van der Waals surface area (Å²) in [5, 5.41) is 0.700. The molecule has 1 amide bonds. The highest BCUT2D eigenvalue weighted by atomic mass is 35.5. The molecule has 2 heterocycles. The lowest BCUT2D eigenvalue weighted by Gasteiger charge is -2.31. The number of hydrogen-bond donors (Lipinski definition) is 0. The van der Waals surface area contributed by atoms with Gasteiger partial charge in [-0.3, -0.25) is 4.79 Å². The van der Waals surface area contributed by atoms with E-state index < -0.39 is 0 Å². The van der Waals surface area contributed by atoms with Gasteiger partial charge in [0.05, 0.1) is 12.1 Å². The van der Waals surface area contributed by atoms with Crippen LogP contribution in [0.3, 0.4) is 0 Å². The van der Waals surface area contributed by atoms with Crippen molar-refractivity contribution in [1.29, 1.82) is 0 Å². The summed E-state index contributed by atoms with van der Waals surface area (Å²) >= 11 is 6.23. The Kier molecular flexibility index (Phi) is 6.33. The normalized spacial score (nSPS) is 16.5. The van der Waals surface area contributed by atoms with E-state index in [9.17, 15) is 9.18 Å². The third kappa shape index (κ3) is 5.00. The van der Waals surface area contributed by atoms with Crippen molar-refractivity contribution in [2.75, 3.05) is 19.7 Å². The molecule has 0 spiro atoms. The maximum absolute atomic E-state index is 13.0. The van der Waals surface area contributed by atoms with Crippen molar-refractivity contribution in [3.63, 3.8) is 0 Å². The highest BCUT2D eigenvalue weighted by molar-refractivity contribution is 6.31. The Balaban J connectivity index is 1.34. The molecule has 156 valence electrons. The topological polar surface area (TPSA) is 55.6 Å². The Morgan fingerprint density at radius 2 is 2.03 bits per heavy atom. The van der Waals surface area contributed by atoms with Crippen LogP contribution >= 0.6 is 11.6 Å². The zero-order valence-corrected chi connectivity index (χ0v) is 17.1. The lowest BCUT2D eigenvalue weighted by molar-refractivity contribution is -0.134. The van der Waals surface area contributed by atoms with E-state index in [1.54, 1.807) is 11.1 Å². The lowest BCUT2D eigenvalue weighted by atomic mass is 9.98. The van der Waals surface area contributed by atoms with Gasteiger partial charge < -0.3 is 14.1 Å². The number of hydrogen-bond acceptors (Lipinski definition) is 4. The molecule has 0 radical (unpaired) electrons. The third-order valence-electron chi connectivity index (χ3n) is 5.19. The number of benzene rings is 2. The van der Waals surface area contributed by atoms with E-state index in [4.69, 9.17) is 20.8 Å². The molecule has 30 heavy (non-hydrogen) atoms. The fourth-order valence-corrected chi connectivity index (χ4v) is 3.80. The lowest BCUT2D eigenvalue weighted by Crippen LogP contribution is -2.41. The molecule has 1 aliphatic rings. The van der Waals surface area contributed by atoms with Gasteiger partial charge in [0.2, 0.25) is 0 Å². The minimum Gasteiger partial charge on any atom is -0.484 e. The van der Waals surface area contributed by atoms with Gasteiger partial charge in [-0.15, -0.1) is 0 Å². The quantitative estimate of drug-likeness (QED) is 0.563. The Labute approximate surface area is 179 Å². The van der Waals surface area contributed by atoms with Crippen molar-refractivity contribution >= 4 is 17.5 Å². The van der Waals surface area contributed by atoms with Crippen LogP contribution in [-0.2, 0) is 11.2 Å². The highest BCUT2D eigenvalue weighted by Gasteiger charge is 2.28. The van der Waals surface area contributed by atoms with Crippen LogP contribution in [0.1, 0.15) is 36.0 Å². The van der Waals surface area contributed by atoms with E-state index in [1.165, 1.54) is 24.3 Å². The number of carbonyl (C=O) groups excluding carboxylic acids is 1. The smallest absolute Gasteiger partial charge is 0.260 e. The number of rotatable bonds is 6. The van der Waals surface area contributed by atoms with Crippen LogP contribution in [0.15, 0.2) is 59.1 Å². The van der Waals surface area contributed by atoms with Gasteiger partial charge in [-0.2, -0.15) is 0 Å². The molecule has 7 heteroatoms. The predicted octanol–water partition coefficient (Wildman–Crippen LogP) is 4.84. The molecule has 1 aromatic heterocycles. The highest BCUT2D eigenvalue weighted by Crippen LogP contribution is 2.28. The van der Waals surface area contributed by atoms with Crippen LogP contribution in [0.2, 0.25) is 5.02 Å². The number of carbonyl (C=O) groups is 1. The fourth-order valence-electron chi connectivity index (χ4n) is 3.59. The van der Waals surface area contributed by atoms with E-state index >= 15 is 0 Å². The largest absolute Gasteiger partial charge is 0.484 e. The second-order valence-electron chi connectivity index (χ2n) is 7.35. The monoisotopic (exact) mass is 428 g/mol. The Hall–Kier alpha value is -2.86. The summed E-state index contributed by atoms with van der Waals surface area (Å²) in [7, 11) is 0. The molecule has 0 bridgehead atoms. The first-order chi connectivity index (χ1) is 14.6. The summed E-state index contributed by atoms with van der Waals surface area (Å²) in [5.74, 6) is 1.47. The van der Waals surface area contributed by atoms with E-state index in [-0.39, 0.29) is 24.2 Å². The SMILES string of the molecule is O=C(COc1ccc(F)cc1)N1CCC[C@H](c2ncc(Cc3ccccc3Cl)o2)C1. The van der Waals surface area contributed by atoms with Crippen LogP contribution in [0.5, 0.6) is 5.75 Å². The van der Waals surface area contributed by atoms with Crippen molar-refractivity contribution in [3.8, 4) is 5.75 Å². The molecule has 1 saturated heterocycles. The average molecular weight is 429 g/mol. The zero-order chi connectivity index (χ0) is 20.9. The number of piperidine rings is 1. The molecule has 2 aromatic carbocycles. The van der Waals surface area contributed by atoms with Crippen molar-refractivity contribution < 1.29 is 18.3 Å². The van der Waals surface area contributed by atoms with Crippen LogP contribution in [0, 0.1) is 5.82 Å². The minimum absolute atomic E-state index is 0.0496. The van der Waals surface area contributed by atoms with E-state index in [1.807, 2.05) is 24.3 Å². The number of oxazole rings is 1. The van der Waals surface area contributed by atoms with E-state index in [0.717, 1.165) is 24.2 Å². The van der Waals surface area contributed by atoms with Crippen molar-refractivity contribution in [3.05, 3.63) is 82.8 Å². The number of amides is 1. The van der Waals surface area contributed by atoms with E-state index in [2.05, 4.69) is 4.98 Å². The second kappa shape index (κ2) is 9.30. The molecule has 0 N–H and O–H groups in total. The van der Waals surface area contributed by atoms with Gasteiger partial charge in [-0.05, 0) is 48.7 Å². The van der Waals surface area contributed by atoms with Crippen LogP contribution in [0.4, 0.5) is 4.39 Å². The molecule has 0 aliphatic carbocycles. The summed E-state index contributed by atoms with van der Waals surface area (Å²) in [4.78, 5) is 18.8. The molecular weight excluding hydrogens is 407 g/mol. The van der Waals surface area contributed by atoms with Crippen LogP contribution < -0.4 is 4.74 Å². The number of likely N-dealkylation sites (tertiary alicyclic amines) is 1. The first kappa shape index (κ1) is 20.4. The third-order valence-corrected chi connectivity index (χ3v) is 5.56. The maximum atomic E-state index is 13.0.